The lowest BCUT2D eigenvalue weighted by atomic mass is 10.1. The maximum absolute atomic E-state index is 9.44. The quantitative estimate of drug-likeness (QED) is 0.187. The molecule has 0 fully saturated rings. The van der Waals surface area contributed by atoms with Crippen molar-refractivity contribution in [3.8, 4) is 39.9 Å². The van der Waals surface area contributed by atoms with Crippen LogP contribution in [-0.4, -0.2) is 19.5 Å². The topological polar surface area (TPSA) is 69.9 Å². The van der Waals surface area contributed by atoms with Gasteiger partial charge in [-0.3, -0.25) is 0 Å². The van der Waals surface area contributed by atoms with E-state index in [1.54, 1.807) is 24.3 Å². The van der Waals surface area contributed by atoms with Gasteiger partial charge in [-0.05, 0) is 60.6 Å². The van der Waals surface area contributed by atoms with Crippen molar-refractivity contribution in [2.24, 2.45) is 0 Å². The summed E-state index contributed by atoms with van der Waals surface area (Å²) in [5.41, 5.74) is 3.48. The summed E-state index contributed by atoms with van der Waals surface area (Å²) in [5, 5.41) is 1.74. The Morgan fingerprint density at radius 1 is 0.451 bits per heavy atom. The van der Waals surface area contributed by atoms with Crippen LogP contribution in [0, 0.1) is 0 Å². The third kappa shape index (κ3) is 4.26. The first kappa shape index (κ1) is 19.8. The first-order chi connectivity index (χ1) is 29.4. The molecule has 0 saturated heterocycles. The van der Waals surface area contributed by atoms with Gasteiger partial charge in [-0.25, -0.2) is 15.0 Å². The number of aromatic nitrogens is 4. The predicted molar refractivity (Wildman–Crippen MR) is 205 cm³/mol. The van der Waals surface area contributed by atoms with Gasteiger partial charge in [0.1, 0.15) is 22.3 Å². The van der Waals surface area contributed by atoms with E-state index in [1.165, 1.54) is 4.57 Å². The second-order valence-corrected chi connectivity index (χ2v) is 12.1. The molecule has 238 valence electrons. The van der Waals surface area contributed by atoms with E-state index in [1.807, 2.05) is 72.8 Å². The zero-order chi connectivity index (χ0) is 42.2. The summed E-state index contributed by atoms with van der Waals surface area (Å²) in [7, 11) is 0. The van der Waals surface area contributed by atoms with Crippen LogP contribution in [0.1, 0.15) is 13.7 Å². The smallest absolute Gasteiger partial charge is 0.164 e. The van der Waals surface area contributed by atoms with Crippen molar-refractivity contribution in [2.45, 2.75) is 0 Å². The zero-order valence-electron chi connectivity index (χ0n) is 36.3. The van der Waals surface area contributed by atoms with E-state index in [9.17, 15) is 4.11 Å². The minimum absolute atomic E-state index is 0.000475. The fraction of sp³-hybridized carbons (Fsp3) is 0. The molecule has 0 saturated carbocycles. The van der Waals surface area contributed by atoms with Crippen LogP contribution in [0.15, 0.2) is 166 Å². The lowest BCUT2D eigenvalue weighted by molar-refractivity contribution is 0.669. The molecule has 4 heterocycles. The Kier molecular flexibility index (Phi) is 4.17. The molecule has 0 atom stereocenters. The SMILES string of the molecule is [2H]c1c([2H])c([2H])c2c(oc3c2c([2H])c([2H])c2c3c3c([2H])c([2H])c([2H])c([2H])c3n2-c2cccc(-c3nc(-c4ccccc4)nc(-c4ccc5oc6ccccc6c5c4)n3)c2)c1[2H]. The van der Waals surface area contributed by atoms with Crippen molar-refractivity contribution in [3.63, 3.8) is 0 Å². The van der Waals surface area contributed by atoms with E-state index in [2.05, 4.69) is 0 Å². The van der Waals surface area contributed by atoms with Crippen LogP contribution in [0.2, 0.25) is 0 Å². The molecule has 0 aliphatic heterocycles. The molecule has 11 aromatic rings. The van der Waals surface area contributed by atoms with Crippen molar-refractivity contribution in [1.29, 1.82) is 0 Å². The predicted octanol–water partition coefficient (Wildman–Crippen LogP) is 11.8. The molecule has 6 nitrogen and oxygen atoms in total. The zero-order valence-corrected chi connectivity index (χ0v) is 26.3. The molecule has 7 aromatic carbocycles. The first-order valence-electron chi connectivity index (χ1n) is 21.1. The van der Waals surface area contributed by atoms with Crippen molar-refractivity contribution >= 4 is 65.7 Å². The number of hydrogen-bond acceptors (Lipinski definition) is 5. The van der Waals surface area contributed by atoms with Crippen LogP contribution in [0.5, 0.6) is 0 Å². The number of fused-ring (bicyclic) bond motifs is 10. The largest absolute Gasteiger partial charge is 0.456 e. The third-order valence-electron chi connectivity index (χ3n) is 9.13. The average Bonchev–Trinajstić information content (AvgIpc) is 3.99. The number of benzene rings is 7. The second kappa shape index (κ2) is 10.7. The summed E-state index contributed by atoms with van der Waals surface area (Å²) >= 11 is 0. The molecule has 0 aliphatic rings. The van der Waals surface area contributed by atoms with Crippen molar-refractivity contribution in [2.75, 3.05) is 0 Å². The van der Waals surface area contributed by atoms with Gasteiger partial charge in [0.05, 0.1) is 30.1 Å². The summed E-state index contributed by atoms with van der Waals surface area (Å²) in [6, 6.07) is 25.3. The minimum atomic E-state index is -0.543. The van der Waals surface area contributed by atoms with Crippen LogP contribution >= 0.6 is 0 Å². The highest BCUT2D eigenvalue weighted by atomic mass is 16.3. The monoisotopic (exact) mass is 664 g/mol. The molecule has 0 spiro atoms. The summed E-state index contributed by atoms with van der Waals surface area (Å²) in [6.07, 6.45) is 0. The van der Waals surface area contributed by atoms with Gasteiger partial charge in [0.15, 0.2) is 17.5 Å². The molecule has 6 heteroatoms. The summed E-state index contributed by atoms with van der Waals surface area (Å²) in [5.74, 6) is 1.09. The number of nitrogens with zero attached hydrogens (tertiary/aromatic N) is 4. The van der Waals surface area contributed by atoms with Gasteiger partial charge in [-0.2, -0.15) is 0 Å². The maximum atomic E-state index is 9.44. The summed E-state index contributed by atoms with van der Waals surface area (Å²) < 4.78 is 102. The fourth-order valence-electron chi connectivity index (χ4n) is 6.83. The molecule has 0 radical (unpaired) electrons. The number of hydrogen-bond donors (Lipinski definition) is 0. The summed E-state index contributed by atoms with van der Waals surface area (Å²) in [6.45, 7) is 0. The van der Waals surface area contributed by atoms with E-state index < -0.39 is 54.4 Å². The molecule has 0 bridgehead atoms. The van der Waals surface area contributed by atoms with Crippen LogP contribution in [-0.2, 0) is 0 Å². The van der Waals surface area contributed by atoms with Crippen LogP contribution in [0.3, 0.4) is 0 Å². The highest BCUT2D eigenvalue weighted by Crippen LogP contribution is 2.41. The Balaban J connectivity index is 1.20. The lowest BCUT2D eigenvalue weighted by Gasteiger charge is -2.11. The number of furan rings is 2. The second-order valence-electron chi connectivity index (χ2n) is 12.1. The molecular formula is C45H26N4O2. The molecule has 11 rings (SSSR count). The molecular weight excluding hydrogens is 629 g/mol. The highest BCUT2D eigenvalue weighted by molar-refractivity contribution is 6.23. The first-order valence-corrected chi connectivity index (χ1v) is 16.1. The van der Waals surface area contributed by atoms with E-state index >= 15 is 0 Å². The fourth-order valence-corrected chi connectivity index (χ4v) is 6.83. The molecule has 0 aliphatic carbocycles. The van der Waals surface area contributed by atoms with E-state index in [4.69, 9.17) is 33.4 Å². The van der Waals surface area contributed by atoms with Crippen LogP contribution in [0.25, 0.3) is 106 Å². The third-order valence-corrected chi connectivity index (χ3v) is 9.13. The van der Waals surface area contributed by atoms with Gasteiger partial charge in [0.2, 0.25) is 0 Å². The molecule has 0 amide bonds. The maximum Gasteiger partial charge on any atom is 0.164 e. The van der Waals surface area contributed by atoms with Crippen molar-refractivity contribution < 1.29 is 22.5 Å². The Hall–Kier alpha value is -7.05. The van der Waals surface area contributed by atoms with E-state index in [-0.39, 0.29) is 49.8 Å². The highest BCUT2D eigenvalue weighted by Gasteiger charge is 2.20. The van der Waals surface area contributed by atoms with Gasteiger partial charge in [0, 0.05) is 49.3 Å². The Morgan fingerprint density at radius 2 is 1.16 bits per heavy atom. The Bertz CT molecular complexity index is 3730. The van der Waals surface area contributed by atoms with Gasteiger partial charge < -0.3 is 13.4 Å². The average molecular weight is 665 g/mol. The van der Waals surface area contributed by atoms with E-state index in [0.717, 1.165) is 21.9 Å². The molecule has 51 heavy (non-hydrogen) atoms. The minimum Gasteiger partial charge on any atom is -0.456 e. The normalized spacial score (nSPS) is 14.7. The molecule has 0 N–H and O–H groups in total. The van der Waals surface area contributed by atoms with Gasteiger partial charge in [-0.1, -0.05) is 96.9 Å². The molecule has 0 unspecified atom stereocenters. The lowest BCUT2D eigenvalue weighted by Crippen LogP contribution is -2.01. The van der Waals surface area contributed by atoms with E-state index in [0.29, 0.717) is 39.9 Å². The van der Waals surface area contributed by atoms with Gasteiger partial charge in [-0.15, -0.1) is 0 Å². The van der Waals surface area contributed by atoms with Crippen LogP contribution < -0.4 is 0 Å². The summed E-state index contributed by atoms with van der Waals surface area (Å²) in [4.78, 5) is 14.8. The molecule has 4 aromatic heterocycles. The van der Waals surface area contributed by atoms with Gasteiger partial charge >= 0.3 is 0 Å². The van der Waals surface area contributed by atoms with Crippen molar-refractivity contribution in [3.05, 3.63) is 157 Å². The standard InChI is InChI=1S/C45H26N4O2/c1-2-11-27(12-3-1)43-46-44(48-45(47-43)29-21-24-40-35(26-29)32-16-6-8-19-38(32)50-40)28-13-10-14-30(25-28)49-36-18-7-4-17-34(36)41-37(49)23-22-33-31-15-5-9-20-39(31)51-42(33)41/h1-26H/i4D,5D,7D,9D,15D,17D,18D,20D,22D,23D. The van der Waals surface area contributed by atoms with Crippen LogP contribution in [0.4, 0.5) is 0 Å². The number of para-hydroxylation sites is 3. The Morgan fingerprint density at radius 3 is 2.04 bits per heavy atom. The van der Waals surface area contributed by atoms with Crippen molar-refractivity contribution in [1.82, 2.24) is 19.5 Å². The Labute approximate surface area is 304 Å². The number of rotatable bonds is 4. The van der Waals surface area contributed by atoms with Gasteiger partial charge in [0.25, 0.3) is 0 Å².